The van der Waals surface area contributed by atoms with Crippen molar-refractivity contribution >= 4 is 17.7 Å². The van der Waals surface area contributed by atoms with Crippen molar-refractivity contribution in [2.24, 2.45) is 13.0 Å². The maximum Gasteiger partial charge on any atom is 0.319 e. The van der Waals surface area contributed by atoms with E-state index in [0.717, 1.165) is 18.5 Å². The van der Waals surface area contributed by atoms with Crippen LogP contribution in [0.15, 0.2) is 6.20 Å². The van der Waals surface area contributed by atoms with Gasteiger partial charge >= 0.3 is 12.0 Å². The Bertz CT molecular complexity index is 485. The fourth-order valence-electron chi connectivity index (χ4n) is 2.16. The number of aromatic nitrogens is 2. The highest BCUT2D eigenvalue weighted by Gasteiger charge is 2.11. The first-order valence-corrected chi connectivity index (χ1v) is 7.19. The summed E-state index contributed by atoms with van der Waals surface area (Å²) in [5.74, 6) is -0.451. The molecule has 0 saturated carbocycles. The molecule has 1 aromatic rings. The maximum atomic E-state index is 11.8. The Balaban J connectivity index is 2.29. The van der Waals surface area contributed by atoms with E-state index < -0.39 is 5.97 Å². The predicted molar refractivity (Wildman–Crippen MR) is 80.2 cm³/mol. The van der Waals surface area contributed by atoms with Gasteiger partial charge in [-0.25, -0.2) is 4.79 Å². The minimum Gasteiger partial charge on any atom is -0.481 e. The number of carboxylic acids is 1. The molecule has 0 bridgehead atoms. The largest absolute Gasteiger partial charge is 0.481 e. The Morgan fingerprint density at radius 3 is 2.67 bits per heavy atom. The number of nitrogens with one attached hydrogen (secondary N) is 2. The van der Waals surface area contributed by atoms with Gasteiger partial charge in [-0.15, -0.1) is 0 Å². The number of urea groups is 1. The Hall–Kier alpha value is -2.05. The van der Waals surface area contributed by atoms with E-state index in [1.165, 1.54) is 0 Å². The molecule has 2 amide bonds. The summed E-state index contributed by atoms with van der Waals surface area (Å²) in [5, 5.41) is 18.4. The summed E-state index contributed by atoms with van der Waals surface area (Å²) in [6, 6.07) is -0.265. The molecule has 1 aromatic heterocycles. The van der Waals surface area contributed by atoms with Crippen molar-refractivity contribution in [1.29, 1.82) is 0 Å². The highest BCUT2D eigenvalue weighted by atomic mass is 16.4. The third kappa shape index (κ3) is 6.29. The zero-order valence-electron chi connectivity index (χ0n) is 12.8. The van der Waals surface area contributed by atoms with Crippen LogP contribution in [0.2, 0.25) is 0 Å². The van der Waals surface area contributed by atoms with Crippen LogP contribution >= 0.6 is 0 Å². The zero-order valence-corrected chi connectivity index (χ0v) is 12.8. The summed E-state index contributed by atoms with van der Waals surface area (Å²) >= 11 is 0. The van der Waals surface area contributed by atoms with Crippen molar-refractivity contribution in [3.05, 3.63) is 11.9 Å². The fourth-order valence-corrected chi connectivity index (χ4v) is 2.16. The number of hydrogen-bond donors (Lipinski definition) is 3. The van der Waals surface area contributed by atoms with Gasteiger partial charge in [0.05, 0.1) is 11.4 Å². The molecule has 0 saturated heterocycles. The molecule has 1 atom stereocenters. The number of rotatable bonds is 8. The molecule has 3 N–H and O–H groups in total. The molecule has 1 unspecified atom stereocenters. The molecular formula is C14H24N4O3. The Labute approximate surface area is 124 Å². The summed E-state index contributed by atoms with van der Waals surface area (Å²) in [4.78, 5) is 22.3. The van der Waals surface area contributed by atoms with E-state index in [4.69, 9.17) is 5.11 Å². The van der Waals surface area contributed by atoms with Crippen LogP contribution in [0.4, 0.5) is 10.5 Å². The molecule has 7 heteroatoms. The molecule has 0 radical (unpaired) electrons. The van der Waals surface area contributed by atoms with Crippen LogP contribution in [0.1, 0.15) is 38.3 Å². The summed E-state index contributed by atoms with van der Waals surface area (Å²) < 4.78 is 1.64. The van der Waals surface area contributed by atoms with Gasteiger partial charge in [0, 0.05) is 26.2 Å². The maximum absolute atomic E-state index is 11.8. The second kappa shape index (κ2) is 8.28. The molecular weight excluding hydrogens is 272 g/mol. The second-order valence-electron chi connectivity index (χ2n) is 5.18. The van der Waals surface area contributed by atoms with E-state index >= 15 is 0 Å². The summed E-state index contributed by atoms with van der Waals surface area (Å²) in [7, 11) is 1.80. The van der Waals surface area contributed by atoms with Gasteiger partial charge in [0.25, 0.3) is 0 Å². The predicted octanol–water partition coefficient (Wildman–Crippen LogP) is 2.13. The van der Waals surface area contributed by atoms with Crippen LogP contribution in [0.3, 0.4) is 0 Å². The number of aryl methyl sites for hydroxylation is 2. The lowest BCUT2D eigenvalue weighted by Gasteiger charge is -2.14. The molecule has 7 nitrogen and oxygen atoms in total. The average Bonchev–Trinajstić information content (AvgIpc) is 2.71. The summed E-state index contributed by atoms with van der Waals surface area (Å²) in [5.41, 5.74) is 1.45. The van der Waals surface area contributed by atoms with Gasteiger partial charge in [0.1, 0.15) is 0 Å². The van der Waals surface area contributed by atoms with Crippen LogP contribution in [0.25, 0.3) is 0 Å². The van der Waals surface area contributed by atoms with Crippen molar-refractivity contribution < 1.29 is 14.7 Å². The fraction of sp³-hybridized carbons (Fsp3) is 0.643. The molecule has 0 fully saturated rings. The molecule has 0 aliphatic rings. The van der Waals surface area contributed by atoms with Gasteiger partial charge in [0.15, 0.2) is 0 Å². The molecule has 118 valence electrons. The normalized spacial score (nSPS) is 12.0. The smallest absolute Gasteiger partial charge is 0.319 e. The van der Waals surface area contributed by atoms with E-state index in [2.05, 4.69) is 15.7 Å². The van der Waals surface area contributed by atoms with E-state index in [-0.39, 0.29) is 12.5 Å². The number of hydrogen-bond acceptors (Lipinski definition) is 3. The number of nitrogens with zero attached hydrogens (tertiary/aromatic N) is 2. The quantitative estimate of drug-likeness (QED) is 0.684. The Morgan fingerprint density at radius 1 is 1.43 bits per heavy atom. The van der Waals surface area contributed by atoms with Crippen LogP contribution in [0.5, 0.6) is 0 Å². The van der Waals surface area contributed by atoms with E-state index in [9.17, 15) is 9.59 Å². The standard InChI is InChI=1S/C14H24N4O3/c1-4-11(5-6-13(19)20)7-8-15-14(21)16-12-9-18(3)17-10(12)2/h9,11H,4-8H2,1-3H3,(H,19,20)(H2,15,16,21). The highest BCUT2D eigenvalue weighted by Crippen LogP contribution is 2.15. The number of carboxylic acid groups (broad SMARTS) is 1. The highest BCUT2D eigenvalue weighted by molar-refractivity contribution is 5.89. The molecule has 0 aromatic carbocycles. The van der Waals surface area contributed by atoms with Crippen LogP contribution < -0.4 is 10.6 Å². The summed E-state index contributed by atoms with van der Waals surface area (Å²) in [6.45, 7) is 4.39. The van der Waals surface area contributed by atoms with Crippen molar-refractivity contribution in [2.45, 2.75) is 39.5 Å². The third-order valence-electron chi connectivity index (χ3n) is 3.44. The molecule has 1 heterocycles. The molecule has 0 aliphatic heterocycles. The van der Waals surface area contributed by atoms with Crippen molar-refractivity contribution in [1.82, 2.24) is 15.1 Å². The molecule has 1 rings (SSSR count). The molecule has 21 heavy (non-hydrogen) atoms. The van der Waals surface area contributed by atoms with E-state index in [1.807, 2.05) is 13.8 Å². The van der Waals surface area contributed by atoms with Gasteiger partial charge in [-0.05, 0) is 25.7 Å². The molecule has 0 spiro atoms. The van der Waals surface area contributed by atoms with Crippen molar-refractivity contribution in [3.63, 3.8) is 0 Å². The number of carbonyl (C=O) groups excluding carboxylic acids is 1. The first kappa shape index (κ1) is 17.0. The van der Waals surface area contributed by atoms with E-state index in [1.54, 1.807) is 17.9 Å². The Morgan fingerprint density at radius 2 is 2.14 bits per heavy atom. The van der Waals surface area contributed by atoms with Gasteiger partial charge in [-0.3, -0.25) is 9.48 Å². The number of amides is 2. The molecule has 0 aliphatic carbocycles. The van der Waals surface area contributed by atoms with E-state index in [0.29, 0.717) is 24.6 Å². The minimum atomic E-state index is -0.772. The van der Waals surface area contributed by atoms with Crippen molar-refractivity contribution in [2.75, 3.05) is 11.9 Å². The lowest BCUT2D eigenvalue weighted by atomic mass is 9.97. The first-order chi connectivity index (χ1) is 9.92. The monoisotopic (exact) mass is 296 g/mol. The van der Waals surface area contributed by atoms with Crippen LogP contribution in [-0.2, 0) is 11.8 Å². The average molecular weight is 296 g/mol. The number of anilines is 1. The Kier molecular flexibility index (Phi) is 6.71. The first-order valence-electron chi connectivity index (χ1n) is 7.19. The van der Waals surface area contributed by atoms with Crippen LogP contribution in [0, 0.1) is 12.8 Å². The number of aliphatic carboxylic acids is 1. The zero-order chi connectivity index (χ0) is 15.8. The summed E-state index contributed by atoms with van der Waals surface area (Å²) in [6.07, 6.45) is 4.27. The minimum absolute atomic E-state index is 0.180. The second-order valence-corrected chi connectivity index (χ2v) is 5.18. The van der Waals surface area contributed by atoms with Gasteiger partial charge < -0.3 is 15.7 Å². The lowest BCUT2D eigenvalue weighted by Crippen LogP contribution is -2.30. The SMILES string of the molecule is CCC(CCNC(=O)Nc1cn(C)nc1C)CCC(=O)O. The van der Waals surface area contributed by atoms with Gasteiger partial charge in [-0.2, -0.15) is 5.10 Å². The third-order valence-corrected chi connectivity index (χ3v) is 3.44. The van der Waals surface area contributed by atoms with Gasteiger partial charge in [0.2, 0.25) is 0 Å². The van der Waals surface area contributed by atoms with Gasteiger partial charge in [-0.1, -0.05) is 13.3 Å². The topological polar surface area (TPSA) is 96.3 Å². The lowest BCUT2D eigenvalue weighted by molar-refractivity contribution is -0.137. The van der Waals surface area contributed by atoms with Crippen molar-refractivity contribution in [3.8, 4) is 0 Å². The number of carbonyl (C=O) groups is 2. The van der Waals surface area contributed by atoms with Crippen LogP contribution in [-0.4, -0.2) is 33.4 Å².